The summed E-state index contributed by atoms with van der Waals surface area (Å²) >= 11 is 0. The maximum atomic E-state index is 10.1. The molecular formula is C16H19N3O. The van der Waals surface area contributed by atoms with E-state index >= 15 is 0 Å². The molecule has 0 aliphatic carbocycles. The second kappa shape index (κ2) is 5.48. The van der Waals surface area contributed by atoms with Crippen LogP contribution in [0.3, 0.4) is 0 Å². The minimum absolute atomic E-state index is 0.579. The summed E-state index contributed by atoms with van der Waals surface area (Å²) in [4.78, 5) is 0. The Morgan fingerprint density at radius 2 is 2.05 bits per heavy atom. The molecule has 4 nitrogen and oxygen atoms in total. The van der Waals surface area contributed by atoms with Crippen molar-refractivity contribution in [2.24, 2.45) is 0 Å². The van der Waals surface area contributed by atoms with E-state index in [4.69, 9.17) is 0 Å². The highest BCUT2D eigenvalue weighted by Crippen LogP contribution is 2.23. The lowest BCUT2D eigenvalue weighted by Crippen LogP contribution is -2.16. The highest BCUT2D eigenvalue weighted by Gasteiger charge is 2.22. The molecular weight excluding hydrogens is 250 g/mol. The van der Waals surface area contributed by atoms with Crippen molar-refractivity contribution in [1.82, 2.24) is 9.78 Å². The Balaban J connectivity index is 2.61. The quantitative estimate of drug-likeness (QED) is 0.928. The summed E-state index contributed by atoms with van der Waals surface area (Å²) in [5, 5.41) is 23.8. The Morgan fingerprint density at radius 1 is 1.35 bits per heavy atom. The van der Waals surface area contributed by atoms with Crippen LogP contribution in [0.5, 0.6) is 0 Å². The molecule has 1 heterocycles. The predicted molar refractivity (Wildman–Crippen MR) is 77.5 cm³/mol. The first-order valence-corrected chi connectivity index (χ1v) is 6.78. The van der Waals surface area contributed by atoms with Crippen LogP contribution in [0.15, 0.2) is 30.3 Å². The number of rotatable bonds is 4. The summed E-state index contributed by atoms with van der Waals surface area (Å²) in [5.41, 5.74) is 1.97. The Labute approximate surface area is 119 Å². The van der Waals surface area contributed by atoms with E-state index in [1.54, 1.807) is 24.6 Å². The lowest BCUT2D eigenvalue weighted by atomic mass is 10.1. The second-order valence-corrected chi connectivity index (χ2v) is 5.37. The Kier molecular flexibility index (Phi) is 3.91. The number of aryl methyl sites for hydroxylation is 1. The lowest BCUT2D eigenvalue weighted by molar-refractivity contribution is 0.0734. The molecule has 0 fully saturated rings. The number of nitriles is 1. The predicted octanol–water partition coefficient (Wildman–Crippen LogP) is 2.92. The molecule has 0 spiro atoms. The van der Waals surface area contributed by atoms with E-state index in [0.29, 0.717) is 11.3 Å². The fourth-order valence-electron chi connectivity index (χ4n) is 2.11. The second-order valence-electron chi connectivity index (χ2n) is 5.37. The zero-order valence-electron chi connectivity index (χ0n) is 12.1. The molecule has 2 rings (SSSR count). The van der Waals surface area contributed by atoms with E-state index in [1.165, 1.54) is 0 Å². The molecule has 0 atom stereocenters. The van der Waals surface area contributed by atoms with Gasteiger partial charge >= 0.3 is 0 Å². The summed E-state index contributed by atoms with van der Waals surface area (Å²) in [5.74, 6) is 0. The van der Waals surface area contributed by atoms with Crippen LogP contribution in [0.2, 0.25) is 0 Å². The van der Waals surface area contributed by atoms with Crippen molar-refractivity contribution in [3.05, 3.63) is 47.3 Å². The molecule has 0 aliphatic heterocycles. The molecule has 1 aromatic carbocycles. The van der Waals surface area contributed by atoms with Gasteiger partial charge in [-0.3, -0.25) is 0 Å². The van der Waals surface area contributed by atoms with Crippen LogP contribution < -0.4 is 0 Å². The van der Waals surface area contributed by atoms with Gasteiger partial charge in [-0.25, -0.2) is 4.68 Å². The molecule has 1 aromatic heterocycles. The third kappa shape index (κ3) is 2.73. The Hall–Kier alpha value is -2.12. The molecule has 0 amide bonds. The summed E-state index contributed by atoms with van der Waals surface area (Å²) in [7, 11) is 0. The summed E-state index contributed by atoms with van der Waals surface area (Å²) in [6, 6.07) is 11.5. The third-order valence-corrected chi connectivity index (χ3v) is 3.17. The van der Waals surface area contributed by atoms with Gasteiger partial charge in [0.1, 0.15) is 11.7 Å². The van der Waals surface area contributed by atoms with Crippen LogP contribution in [0.25, 0.3) is 5.69 Å². The van der Waals surface area contributed by atoms with Gasteiger partial charge in [0.2, 0.25) is 0 Å². The number of para-hydroxylation sites is 1. The number of hydrogen-bond donors (Lipinski definition) is 1. The Bertz CT molecular complexity index is 644. The molecule has 0 bridgehead atoms. The van der Waals surface area contributed by atoms with Gasteiger partial charge in [0.05, 0.1) is 16.9 Å². The monoisotopic (exact) mass is 269 g/mol. The summed E-state index contributed by atoms with van der Waals surface area (Å²) in [6.07, 6.45) is 1.83. The first kappa shape index (κ1) is 14.3. The van der Waals surface area contributed by atoms with E-state index in [-0.39, 0.29) is 0 Å². The normalized spacial score (nSPS) is 11.3. The maximum Gasteiger partial charge on any atom is 0.103 e. The van der Waals surface area contributed by atoms with Crippen LogP contribution in [-0.2, 0) is 12.0 Å². The van der Waals surface area contributed by atoms with Crippen LogP contribution in [0.1, 0.15) is 44.1 Å². The summed E-state index contributed by atoms with van der Waals surface area (Å²) in [6.45, 7) is 5.52. The van der Waals surface area contributed by atoms with Crippen molar-refractivity contribution in [2.75, 3.05) is 0 Å². The average molecular weight is 269 g/mol. The van der Waals surface area contributed by atoms with E-state index in [9.17, 15) is 10.4 Å². The number of benzene rings is 1. The molecule has 0 saturated carbocycles. The molecule has 2 aromatic rings. The van der Waals surface area contributed by atoms with Crippen molar-refractivity contribution in [3.8, 4) is 11.8 Å². The minimum atomic E-state index is -0.991. The SMILES string of the molecule is CCCc1cc(C(C)(C)O)nn1-c1ccccc1C#N. The standard InChI is InChI=1S/C16H19N3O/c1-4-7-13-10-15(16(2,3)20)18-19(13)14-9-6-5-8-12(14)11-17/h5-6,8-10,20H,4,7H2,1-3H3. The molecule has 104 valence electrons. The van der Waals surface area contributed by atoms with Gasteiger partial charge in [0, 0.05) is 5.69 Å². The molecule has 0 radical (unpaired) electrons. The van der Waals surface area contributed by atoms with Gasteiger partial charge < -0.3 is 5.11 Å². The van der Waals surface area contributed by atoms with Crippen LogP contribution >= 0.6 is 0 Å². The highest BCUT2D eigenvalue weighted by atomic mass is 16.3. The van der Waals surface area contributed by atoms with Gasteiger partial charge in [-0.1, -0.05) is 25.5 Å². The first-order valence-electron chi connectivity index (χ1n) is 6.78. The van der Waals surface area contributed by atoms with Crippen molar-refractivity contribution in [1.29, 1.82) is 5.26 Å². The molecule has 1 N–H and O–H groups in total. The lowest BCUT2D eigenvalue weighted by Gasteiger charge is -2.13. The van der Waals surface area contributed by atoms with Gasteiger partial charge in [0.15, 0.2) is 0 Å². The number of aliphatic hydroxyl groups is 1. The fraction of sp³-hybridized carbons (Fsp3) is 0.375. The molecule has 4 heteroatoms. The van der Waals surface area contributed by atoms with E-state index in [0.717, 1.165) is 24.2 Å². The maximum absolute atomic E-state index is 10.1. The molecule has 20 heavy (non-hydrogen) atoms. The molecule has 0 unspecified atom stereocenters. The largest absolute Gasteiger partial charge is 0.384 e. The molecule has 0 saturated heterocycles. The van der Waals surface area contributed by atoms with Gasteiger partial charge in [-0.2, -0.15) is 10.4 Å². The van der Waals surface area contributed by atoms with Crippen molar-refractivity contribution >= 4 is 0 Å². The first-order chi connectivity index (χ1) is 9.47. The van der Waals surface area contributed by atoms with Crippen LogP contribution in [0.4, 0.5) is 0 Å². The van der Waals surface area contributed by atoms with E-state index in [2.05, 4.69) is 18.1 Å². The van der Waals surface area contributed by atoms with Crippen molar-refractivity contribution in [2.45, 2.75) is 39.2 Å². The van der Waals surface area contributed by atoms with Gasteiger partial charge in [-0.15, -0.1) is 0 Å². The molecule has 0 aliphatic rings. The Morgan fingerprint density at radius 3 is 2.65 bits per heavy atom. The average Bonchev–Trinajstić information content (AvgIpc) is 2.83. The zero-order valence-corrected chi connectivity index (χ0v) is 12.1. The fourth-order valence-corrected chi connectivity index (χ4v) is 2.11. The zero-order chi connectivity index (χ0) is 14.8. The van der Waals surface area contributed by atoms with Crippen LogP contribution in [0, 0.1) is 11.3 Å². The minimum Gasteiger partial charge on any atom is -0.384 e. The van der Waals surface area contributed by atoms with Crippen molar-refractivity contribution in [3.63, 3.8) is 0 Å². The van der Waals surface area contributed by atoms with E-state index in [1.807, 2.05) is 24.3 Å². The topological polar surface area (TPSA) is 61.8 Å². The highest BCUT2D eigenvalue weighted by molar-refractivity contribution is 5.49. The number of nitrogens with zero attached hydrogens (tertiary/aromatic N) is 3. The third-order valence-electron chi connectivity index (χ3n) is 3.17. The number of hydrogen-bond acceptors (Lipinski definition) is 3. The number of aromatic nitrogens is 2. The summed E-state index contributed by atoms with van der Waals surface area (Å²) < 4.78 is 1.77. The van der Waals surface area contributed by atoms with Gasteiger partial charge in [0.25, 0.3) is 0 Å². The van der Waals surface area contributed by atoms with Crippen LogP contribution in [-0.4, -0.2) is 14.9 Å². The van der Waals surface area contributed by atoms with Gasteiger partial charge in [-0.05, 0) is 38.5 Å². The van der Waals surface area contributed by atoms with E-state index < -0.39 is 5.60 Å². The van der Waals surface area contributed by atoms with Crippen molar-refractivity contribution < 1.29 is 5.11 Å². The smallest absolute Gasteiger partial charge is 0.103 e.